The molecule has 2 heterocycles. The van der Waals surface area contributed by atoms with Crippen LogP contribution in [0.4, 0.5) is 20.3 Å². The Kier molecular flexibility index (Phi) is 6.60. The zero-order valence-corrected chi connectivity index (χ0v) is 17.7. The van der Waals surface area contributed by atoms with E-state index in [-0.39, 0.29) is 22.6 Å². The van der Waals surface area contributed by atoms with Gasteiger partial charge in [0.05, 0.1) is 11.9 Å². The lowest BCUT2D eigenvalue weighted by Gasteiger charge is -2.36. The predicted molar refractivity (Wildman–Crippen MR) is 119 cm³/mol. The van der Waals surface area contributed by atoms with Crippen LogP contribution >= 0.6 is 0 Å². The zero-order valence-electron chi connectivity index (χ0n) is 17.7. The second-order valence-electron chi connectivity index (χ2n) is 7.75. The van der Waals surface area contributed by atoms with Crippen molar-refractivity contribution < 1.29 is 23.5 Å². The van der Waals surface area contributed by atoms with Crippen LogP contribution in [0.25, 0.3) is 0 Å². The van der Waals surface area contributed by atoms with Crippen LogP contribution in [-0.2, 0) is 6.54 Å². The fourth-order valence-electron chi connectivity index (χ4n) is 3.75. The first kappa shape index (κ1) is 22.3. The van der Waals surface area contributed by atoms with E-state index in [4.69, 9.17) is 0 Å². The second kappa shape index (κ2) is 9.74. The Morgan fingerprint density at radius 2 is 1.70 bits per heavy atom. The predicted octanol–water partition coefficient (Wildman–Crippen LogP) is 3.63. The Hall–Kier alpha value is -3.85. The van der Waals surface area contributed by atoms with Gasteiger partial charge < -0.3 is 15.3 Å². The van der Waals surface area contributed by atoms with Crippen molar-refractivity contribution in [1.29, 1.82) is 0 Å². The van der Waals surface area contributed by atoms with Gasteiger partial charge in [-0.3, -0.25) is 9.69 Å². The molecule has 2 N–H and O–H groups in total. The number of carboxylic acids is 1. The maximum atomic E-state index is 13.4. The molecule has 1 amide bonds. The largest absolute Gasteiger partial charge is 0.478 e. The number of nitrogens with one attached hydrogen (secondary N) is 1. The zero-order chi connectivity index (χ0) is 23.4. The molecule has 9 heteroatoms. The van der Waals surface area contributed by atoms with Crippen LogP contribution in [0.2, 0.25) is 0 Å². The van der Waals surface area contributed by atoms with E-state index in [1.807, 2.05) is 11.0 Å². The highest BCUT2D eigenvalue weighted by Crippen LogP contribution is 2.24. The van der Waals surface area contributed by atoms with Gasteiger partial charge in [-0.15, -0.1) is 0 Å². The molecule has 0 unspecified atom stereocenters. The van der Waals surface area contributed by atoms with Crippen molar-refractivity contribution in [2.75, 3.05) is 36.4 Å². The molecule has 0 spiro atoms. The summed E-state index contributed by atoms with van der Waals surface area (Å²) in [5.41, 5.74) is 1.33. The average Bonchev–Trinajstić information content (AvgIpc) is 2.80. The Morgan fingerprint density at radius 3 is 2.36 bits per heavy atom. The highest BCUT2D eigenvalue weighted by atomic mass is 19.1. The van der Waals surface area contributed by atoms with E-state index in [9.17, 15) is 23.5 Å². The molecule has 0 radical (unpaired) electrons. The highest BCUT2D eigenvalue weighted by molar-refractivity contribution is 6.05. The fourth-order valence-corrected chi connectivity index (χ4v) is 3.75. The molecular weight excluding hydrogens is 430 g/mol. The van der Waals surface area contributed by atoms with Crippen molar-refractivity contribution in [3.8, 4) is 0 Å². The van der Waals surface area contributed by atoms with E-state index in [1.54, 1.807) is 6.07 Å². The van der Waals surface area contributed by atoms with E-state index in [0.717, 1.165) is 5.56 Å². The number of aromatic nitrogens is 1. The SMILES string of the molecule is O=C(Nc1cnc(N2CCN(Cc3cccc(F)c3)CC2)c(C(=O)O)c1)c1ccc(F)cc1. The number of benzene rings is 2. The topological polar surface area (TPSA) is 85.8 Å². The molecule has 4 rings (SSSR count). The van der Waals surface area contributed by atoms with Gasteiger partial charge in [0.15, 0.2) is 0 Å². The van der Waals surface area contributed by atoms with Gasteiger partial charge >= 0.3 is 5.97 Å². The molecule has 0 bridgehead atoms. The molecule has 0 aliphatic carbocycles. The summed E-state index contributed by atoms with van der Waals surface area (Å²) in [7, 11) is 0. The third-order valence-electron chi connectivity index (χ3n) is 5.43. The molecule has 170 valence electrons. The van der Waals surface area contributed by atoms with E-state index in [0.29, 0.717) is 38.5 Å². The van der Waals surface area contributed by atoms with Crippen molar-refractivity contribution in [1.82, 2.24) is 9.88 Å². The van der Waals surface area contributed by atoms with Crippen molar-refractivity contribution in [3.05, 3.63) is 89.1 Å². The number of aromatic carboxylic acids is 1. The number of hydrogen-bond acceptors (Lipinski definition) is 5. The summed E-state index contributed by atoms with van der Waals surface area (Å²) in [4.78, 5) is 32.6. The molecule has 1 aliphatic heterocycles. The van der Waals surface area contributed by atoms with Gasteiger partial charge in [0.25, 0.3) is 5.91 Å². The lowest BCUT2D eigenvalue weighted by molar-refractivity contribution is 0.0696. The van der Waals surface area contributed by atoms with Gasteiger partial charge in [0.2, 0.25) is 0 Å². The van der Waals surface area contributed by atoms with E-state index in [2.05, 4.69) is 15.2 Å². The van der Waals surface area contributed by atoms with Crippen LogP contribution in [0.3, 0.4) is 0 Å². The molecule has 1 fully saturated rings. The summed E-state index contributed by atoms with van der Waals surface area (Å²) in [6.07, 6.45) is 1.41. The maximum absolute atomic E-state index is 13.4. The fraction of sp³-hybridized carbons (Fsp3) is 0.208. The van der Waals surface area contributed by atoms with E-state index >= 15 is 0 Å². The van der Waals surface area contributed by atoms with Crippen LogP contribution in [0, 0.1) is 11.6 Å². The number of carbonyl (C=O) groups is 2. The van der Waals surface area contributed by atoms with Crippen LogP contribution in [0.15, 0.2) is 60.8 Å². The molecule has 1 saturated heterocycles. The number of carbonyl (C=O) groups excluding carboxylic acids is 1. The number of carboxylic acid groups (broad SMARTS) is 1. The quantitative estimate of drug-likeness (QED) is 0.594. The van der Waals surface area contributed by atoms with Gasteiger partial charge in [-0.1, -0.05) is 12.1 Å². The Labute approximate surface area is 189 Å². The number of rotatable bonds is 6. The smallest absolute Gasteiger partial charge is 0.339 e. The van der Waals surface area contributed by atoms with Crippen LogP contribution in [0.5, 0.6) is 0 Å². The molecule has 0 atom stereocenters. The Morgan fingerprint density at radius 1 is 0.970 bits per heavy atom. The number of anilines is 2. The monoisotopic (exact) mass is 452 g/mol. The number of amides is 1. The van der Waals surface area contributed by atoms with Crippen molar-refractivity contribution in [2.24, 2.45) is 0 Å². The lowest BCUT2D eigenvalue weighted by Crippen LogP contribution is -2.46. The van der Waals surface area contributed by atoms with Gasteiger partial charge in [-0.05, 0) is 48.0 Å². The van der Waals surface area contributed by atoms with Crippen LogP contribution in [-0.4, -0.2) is 53.0 Å². The number of pyridine rings is 1. The number of piperazine rings is 1. The first-order chi connectivity index (χ1) is 15.9. The number of nitrogens with zero attached hydrogens (tertiary/aromatic N) is 3. The number of hydrogen-bond donors (Lipinski definition) is 2. The van der Waals surface area contributed by atoms with E-state index in [1.165, 1.54) is 48.7 Å². The summed E-state index contributed by atoms with van der Waals surface area (Å²) in [5, 5.41) is 12.3. The molecule has 2 aromatic carbocycles. The Bertz CT molecular complexity index is 1160. The third kappa shape index (κ3) is 5.50. The number of halogens is 2. The van der Waals surface area contributed by atoms with E-state index < -0.39 is 17.7 Å². The summed E-state index contributed by atoms with van der Waals surface area (Å²) >= 11 is 0. The maximum Gasteiger partial charge on any atom is 0.339 e. The van der Waals surface area contributed by atoms with Crippen LogP contribution in [0.1, 0.15) is 26.3 Å². The first-order valence-corrected chi connectivity index (χ1v) is 10.4. The summed E-state index contributed by atoms with van der Waals surface area (Å²) in [6, 6.07) is 12.9. The van der Waals surface area contributed by atoms with Gasteiger partial charge in [0, 0.05) is 38.3 Å². The summed E-state index contributed by atoms with van der Waals surface area (Å²) < 4.78 is 26.5. The van der Waals surface area contributed by atoms with Crippen molar-refractivity contribution >= 4 is 23.4 Å². The minimum atomic E-state index is -1.16. The minimum absolute atomic E-state index is 0.0227. The molecule has 0 saturated carbocycles. The van der Waals surface area contributed by atoms with Gasteiger partial charge in [-0.25, -0.2) is 18.6 Å². The average molecular weight is 452 g/mol. The Balaban J connectivity index is 1.43. The molecule has 33 heavy (non-hydrogen) atoms. The van der Waals surface area contributed by atoms with Crippen molar-refractivity contribution in [3.63, 3.8) is 0 Å². The summed E-state index contributed by atoms with van der Waals surface area (Å²) in [6.45, 7) is 3.06. The van der Waals surface area contributed by atoms with Crippen molar-refractivity contribution in [2.45, 2.75) is 6.54 Å². The molecule has 7 nitrogen and oxygen atoms in total. The summed E-state index contributed by atoms with van der Waals surface area (Å²) in [5.74, 6) is -2.05. The first-order valence-electron chi connectivity index (χ1n) is 10.4. The molecular formula is C24H22F2N4O3. The standard InChI is InChI=1S/C24H22F2N4O3/c25-18-6-4-17(5-7-18)23(31)28-20-13-21(24(32)33)22(27-14-20)30-10-8-29(9-11-30)15-16-2-1-3-19(26)12-16/h1-7,12-14H,8-11,15H2,(H,28,31)(H,32,33). The van der Waals surface area contributed by atoms with Gasteiger partial charge in [0.1, 0.15) is 23.0 Å². The normalized spacial score (nSPS) is 14.2. The lowest BCUT2D eigenvalue weighted by atomic mass is 10.1. The molecule has 1 aromatic heterocycles. The molecule has 1 aliphatic rings. The highest BCUT2D eigenvalue weighted by Gasteiger charge is 2.23. The second-order valence-corrected chi connectivity index (χ2v) is 7.75. The van der Waals surface area contributed by atoms with Crippen LogP contribution < -0.4 is 10.2 Å². The minimum Gasteiger partial charge on any atom is -0.478 e. The van der Waals surface area contributed by atoms with Gasteiger partial charge in [-0.2, -0.15) is 0 Å². The molecule has 3 aromatic rings. The third-order valence-corrected chi connectivity index (χ3v) is 5.43.